The van der Waals surface area contributed by atoms with E-state index in [1.165, 1.54) is 0 Å². The number of methoxy groups -OCH3 is 1. The topological polar surface area (TPSA) is 39.7 Å². The minimum atomic E-state index is 0.528. The molecule has 0 heterocycles. The summed E-state index contributed by atoms with van der Waals surface area (Å²) in [6.07, 6.45) is 0. The molecule has 0 aliphatic carbocycles. The van der Waals surface area contributed by atoms with Gasteiger partial charge in [0.25, 0.3) is 0 Å². The number of para-hydroxylation sites is 2. The zero-order valence-electron chi connectivity index (χ0n) is 14.0. The van der Waals surface area contributed by atoms with Crippen molar-refractivity contribution in [2.24, 2.45) is 5.92 Å². The van der Waals surface area contributed by atoms with Gasteiger partial charge in [-0.3, -0.25) is 0 Å². The van der Waals surface area contributed by atoms with Crippen molar-refractivity contribution < 1.29 is 14.2 Å². The first-order chi connectivity index (χ1) is 11.2. The van der Waals surface area contributed by atoms with Gasteiger partial charge < -0.3 is 19.5 Å². The fourth-order valence-corrected chi connectivity index (χ4v) is 2.03. The molecule has 0 spiro atoms. The quantitative estimate of drug-likeness (QED) is 0.703. The molecule has 0 aliphatic rings. The molecule has 0 unspecified atom stereocenters. The molecule has 0 saturated heterocycles. The van der Waals surface area contributed by atoms with E-state index >= 15 is 0 Å². The van der Waals surface area contributed by atoms with Crippen molar-refractivity contribution in [1.29, 1.82) is 0 Å². The third-order valence-corrected chi connectivity index (χ3v) is 3.20. The normalized spacial score (nSPS) is 10.4. The summed E-state index contributed by atoms with van der Waals surface area (Å²) in [5.41, 5.74) is 1.05. The number of hydrogen-bond donors (Lipinski definition) is 1. The number of nitrogens with one attached hydrogen (secondary N) is 1. The smallest absolute Gasteiger partial charge is 0.161 e. The maximum absolute atomic E-state index is 5.73. The summed E-state index contributed by atoms with van der Waals surface area (Å²) in [5.74, 6) is 2.93. The lowest BCUT2D eigenvalue weighted by molar-refractivity contribution is 0.271. The molecule has 0 fully saturated rings. The van der Waals surface area contributed by atoms with Gasteiger partial charge in [-0.15, -0.1) is 0 Å². The molecule has 4 heteroatoms. The van der Waals surface area contributed by atoms with Gasteiger partial charge in [0.2, 0.25) is 0 Å². The fourth-order valence-electron chi connectivity index (χ4n) is 2.03. The Bertz CT molecular complexity index is 581. The largest absolute Gasteiger partial charge is 0.493 e. The zero-order valence-corrected chi connectivity index (χ0v) is 14.0. The fraction of sp³-hybridized carbons (Fsp3) is 0.368. The van der Waals surface area contributed by atoms with Crippen LogP contribution in [0.2, 0.25) is 0 Å². The van der Waals surface area contributed by atoms with Gasteiger partial charge in [0, 0.05) is 12.2 Å². The van der Waals surface area contributed by atoms with Gasteiger partial charge in [0.15, 0.2) is 11.5 Å². The van der Waals surface area contributed by atoms with Crippen molar-refractivity contribution in [3.63, 3.8) is 0 Å². The lowest BCUT2D eigenvalue weighted by Crippen LogP contribution is -2.11. The number of anilines is 1. The summed E-state index contributed by atoms with van der Waals surface area (Å²) in [6, 6.07) is 15.6. The molecule has 1 N–H and O–H groups in total. The lowest BCUT2D eigenvalue weighted by Gasteiger charge is -2.12. The molecule has 0 saturated carbocycles. The second kappa shape index (κ2) is 8.93. The lowest BCUT2D eigenvalue weighted by atomic mass is 10.2. The first kappa shape index (κ1) is 17.0. The highest BCUT2D eigenvalue weighted by Gasteiger charge is 2.02. The van der Waals surface area contributed by atoms with Crippen molar-refractivity contribution in [2.75, 3.05) is 32.2 Å². The Labute approximate surface area is 138 Å². The standard InChI is InChI=1S/C19H25NO3/c1-15(2)14-23-17-10-8-16(9-11-17)20-12-13-22-19-7-5-4-6-18(19)21-3/h4-11,15,20H,12-14H2,1-3H3. The molecule has 0 atom stereocenters. The van der Waals surface area contributed by atoms with Crippen molar-refractivity contribution >= 4 is 5.69 Å². The molecular weight excluding hydrogens is 290 g/mol. The third kappa shape index (κ3) is 5.74. The molecule has 23 heavy (non-hydrogen) atoms. The monoisotopic (exact) mass is 315 g/mol. The van der Waals surface area contributed by atoms with E-state index in [0.717, 1.165) is 29.5 Å². The van der Waals surface area contributed by atoms with Crippen LogP contribution >= 0.6 is 0 Å². The Morgan fingerprint density at radius 1 is 0.913 bits per heavy atom. The molecule has 2 aromatic rings. The van der Waals surface area contributed by atoms with Crippen LogP contribution in [0.3, 0.4) is 0 Å². The number of rotatable bonds is 9. The van der Waals surface area contributed by atoms with Gasteiger partial charge in [-0.2, -0.15) is 0 Å². The average Bonchev–Trinajstić information content (AvgIpc) is 2.58. The van der Waals surface area contributed by atoms with Crippen molar-refractivity contribution in [3.8, 4) is 17.2 Å². The Morgan fingerprint density at radius 2 is 1.61 bits per heavy atom. The summed E-state index contributed by atoms with van der Waals surface area (Å²) in [7, 11) is 1.64. The molecule has 124 valence electrons. The van der Waals surface area contributed by atoms with Crippen molar-refractivity contribution in [2.45, 2.75) is 13.8 Å². The molecular formula is C19H25NO3. The van der Waals surface area contributed by atoms with E-state index in [1.54, 1.807) is 7.11 Å². The molecule has 0 radical (unpaired) electrons. The first-order valence-electron chi connectivity index (χ1n) is 7.91. The van der Waals surface area contributed by atoms with Crippen LogP contribution in [-0.4, -0.2) is 26.9 Å². The molecule has 0 aliphatic heterocycles. The van der Waals surface area contributed by atoms with E-state index in [2.05, 4.69) is 19.2 Å². The van der Waals surface area contributed by atoms with E-state index in [-0.39, 0.29) is 0 Å². The Balaban J connectivity index is 1.74. The van der Waals surface area contributed by atoms with Crippen LogP contribution in [0.4, 0.5) is 5.69 Å². The highest BCUT2D eigenvalue weighted by atomic mass is 16.5. The highest BCUT2D eigenvalue weighted by molar-refractivity contribution is 5.46. The van der Waals surface area contributed by atoms with Crippen LogP contribution in [0.1, 0.15) is 13.8 Å². The van der Waals surface area contributed by atoms with E-state index in [9.17, 15) is 0 Å². The Hall–Kier alpha value is -2.36. The molecule has 2 rings (SSSR count). The van der Waals surface area contributed by atoms with Crippen LogP contribution < -0.4 is 19.5 Å². The minimum absolute atomic E-state index is 0.528. The summed E-state index contributed by atoms with van der Waals surface area (Å²) in [6.45, 7) is 6.28. The zero-order chi connectivity index (χ0) is 16.5. The number of hydrogen-bond acceptors (Lipinski definition) is 4. The van der Waals surface area contributed by atoms with Crippen LogP contribution in [0.5, 0.6) is 17.2 Å². The summed E-state index contributed by atoms with van der Waals surface area (Å²) >= 11 is 0. The molecule has 2 aromatic carbocycles. The van der Waals surface area contributed by atoms with E-state index in [1.807, 2.05) is 48.5 Å². The number of benzene rings is 2. The average molecular weight is 315 g/mol. The van der Waals surface area contributed by atoms with E-state index < -0.39 is 0 Å². The van der Waals surface area contributed by atoms with Gasteiger partial charge >= 0.3 is 0 Å². The number of ether oxygens (including phenoxy) is 3. The SMILES string of the molecule is COc1ccccc1OCCNc1ccc(OCC(C)C)cc1. The minimum Gasteiger partial charge on any atom is -0.493 e. The second-order valence-electron chi connectivity index (χ2n) is 5.66. The third-order valence-electron chi connectivity index (χ3n) is 3.20. The van der Waals surface area contributed by atoms with Crippen LogP contribution in [-0.2, 0) is 0 Å². The first-order valence-corrected chi connectivity index (χ1v) is 7.91. The maximum Gasteiger partial charge on any atom is 0.161 e. The predicted molar refractivity (Wildman–Crippen MR) is 93.8 cm³/mol. The van der Waals surface area contributed by atoms with Gasteiger partial charge in [-0.05, 0) is 42.3 Å². The van der Waals surface area contributed by atoms with Crippen LogP contribution in [0.25, 0.3) is 0 Å². The van der Waals surface area contributed by atoms with Gasteiger partial charge in [0.05, 0.1) is 13.7 Å². The van der Waals surface area contributed by atoms with Gasteiger partial charge in [-0.1, -0.05) is 26.0 Å². The van der Waals surface area contributed by atoms with E-state index in [0.29, 0.717) is 19.1 Å². The summed E-state index contributed by atoms with van der Waals surface area (Å²) in [5, 5.41) is 3.32. The van der Waals surface area contributed by atoms with Crippen molar-refractivity contribution in [1.82, 2.24) is 0 Å². The summed E-state index contributed by atoms with van der Waals surface area (Å²) in [4.78, 5) is 0. The summed E-state index contributed by atoms with van der Waals surface area (Å²) < 4.78 is 16.6. The molecule has 0 aromatic heterocycles. The van der Waals surface area contributed by atoms with Crippen LogP contribution in [0, 0.1) is 5.92 Å². The Morgan fingerprint density at radius 3 is 2.26 bits per heavy atom. The van der Waals surface area contributed by atoms with Gasteiger partial charge in [-0.25, -0.2) is 0 Å². The van der Waals surface area contributed by atoms with Crippen LogP contribution in [0.15, 0.2) is 48.5 Å². The Kier molecular flexibility index (Phi) is 6.60. The maximum atomic E-state index is 5.73. The van der Waals surface area contributed by atoms with Crippen molar-refractivity contribution in [3.05, 3.63) is 48.5 Å². The van der Waals surface area contributed by atoms with Gasteiger partial charge in [0.1, 0.15) is 12.4 Å². The predicted octanol–water partition coefficient (Wildman–Crippen LogP) is 4.22. The molecule has 0 bridgehead atoms. The molecule has 0 amide bonds. The second-order valence-corrected chi connectivity index (χ2v) is 5.66. The van der Waals surface area contributed by atoms with E-state index in [4.69, 9.17) is 14.2 Å². The highest BCUT2D eigenvalue weighted by Crippen LogP contribution is 2.25. The molecule has 4 nitrogen and oxygen atoms in total.